The Kier molecular flexibility index (Phi) is 5.62. The number of benzene rings is 1. The van der Waals surface area contributed by atoms with E-state index in [1.54, 1.807) is 24.3 Å². The highest BCUT2D eigenvalue weighted by Gasteiger charge is 2.23. The van der Waals surface area contributed by atoms with E-state index in [9.17, 15) is 4.79 Å². The van der Waals surface area contributed by atoms with Crippen LogP contribution in [0.2, 0.25) is 0 Å². The van der Waals surface area contributed by atoms with Crippen LogP contribution in [-0.2, 0) is 0 Å². The van der Waals surface area contributed by atoms with Crippen LogP contribution in [0.25, 0.3) is 0 Å². The quantitative estimate of drug-likeness (QED) is 0.817. The van der Waals surface area contributed by atoms with Crippen molar-refractivity contribution in [3.8, 4) is 5.75 Å². The lowest BCUT2D eigenvalue weighted by molar-refractivity contribution is 0.0697. The van der Waals surface area contributed by atoms with E-state index >= 15 is 0 Å². The Hall–Kier alpha value is -1.55. The van der Waals surface area contributed by atoms with Crippen molar-refractivity contribution >= 4 is 5.97 Å². The average Bonchev–Trinajstić information content (AvgIpc) is 2.48. The fourth-order valence-corrected chi connectivity index (χ4v) is 2.89. The lowest BCUT2D eigenvalue weighted by Crippen LogP contribution is -2.43. The molecule has 4 nitrogen and oxygen atoms in total. The van der Waals surface area contributed by atoms with E-state index in [0.717, 1.165) is 24.6 Å². The Bertz CT molecular complexity index is 458. The molecule has 1 aliphatic heterocycles. The molecule has 0 amide bonds. The third-order valence-corrected chi connectivity index (χ3v) is 4.46. The molecule has 0 spiro atoms. The van der Waals surface area contributed by atoms with E-state index in [2.05, 4.69) is 18.7 Å². The highest BCUT2D eigenvalue weighted by molar-refractivity contribution is 5.87. The normalized spacial score (nSPS) is 23.0. The SMILES string of the molecule is CC1CCCN(CCCOc2ccc(C(=O)O)cc2)C1C. The number of carboxylic acid groups (broad SMARTS) is 1. The van der Waals surface area contributed by atoms with E-state index in [-0.39, 0.29) is 0 Å². The molecule has 116 valence electrons. The zero-order chi connectivity index (χ0) is 15.2. The van der Waals surface area contributed by atoms with Crippen LogP contribution in [0.4, 0.5) is 0 Å². The number of nitrogens with zero attached hydrogens (tertiary/aromatic N) is 1. The zero-order valence-electron chi connectivity index (χ0n) is 12.9. The molecule has 0 saturated carbocycles. The zero-order valence-corrected chi connectivity index (χ0v) is 12.9. The number of rotatable bonds is 6. The van der Waals surface area contributed by atoms with Gasteiger partial charge >= 0.3 is 5.97 Å². The summed E-state index contributed by atoms with van der Waals surface area (Å²) in [6.07, 6.45) is 3.63. The maximum Gasteiger partial charge on any atom is 0.335 e. The molecule has 2 rings (SSSR count). The van der Waals surface area contributed by atoms with E-state index < -0.39 is 5.97 Å². The summed E-state index contributed by atoms with van der Waals surface area (Å²) in [5, 5.41) is 8.83. The van der Waals surface area contributed by atoms with Crippen LogP contribution in [0.3, 0.4) is 0 Å². The van der Waals surface area contributed by atoms with Gasteiger partial charge in [0.25, 0.3) is 0 Å². The molecule has 21 heavy (non-hydrogen) atoms. The molecule has 4 heteroatoms. The largest absolute Gasteiger partial charge is 0.494 e. The van der Waals surface area contributed by atoms with Gasteiger partial charge in [-0.25, -0.2) is 4.79 Å². The minimum Gasteiger partial charge on any atom is -0.494 e. The molecule has 1 aromatic rings. The van der Waals surface area contributed by atoms with Gasteiger partial charge in [0.05, 0.1) is 12.2 Å². The highest BCUT2D eigenvalue weighted by Crippen LogP contribution is 2.22. The molecule has 1 aromatic carbocycles. The predicted molar refractivity (Wildman–Crippen MR) is 82.9 cm³/mol. The summed E-state index contributed by atoms with van der Waals surface area (Å²) in [6, 6.07) is 7.25. The molecule has 0 aromatic heterocycles. The summed E-state index contributed by atoms with van der Waals surface area (Å²) in [4.78, 5) is 13.3. The van der Waals surface area contributed by atoms with Crippen LogP contribution in [0, 0.1) is 5.92 Å². The first kappa shape index (κ1) is 15.8. The first-order valence-corrected chi connectivity index (χ1v) is 7.78. The lowest BCUT2D eigenvalue weighted by atomic mass is 9.92. The number of piperidine rings is 1. The number of carbonyl (C=O) groups is 1. The number of hydrogen-bond acceptors (Lipinski definition) is 3. The second kappa shape index (κ2) is 7.46. The maximum absolute atomic E-state index is 10.8. The smallest absolute Gasteiger partial charge is 0.335 e. The molecule has 2 atom stereocenters. The summed E-state index contributed by atoms with van der Waals surface area (Å²) in [6.45, 7) is 7.58. The summed E-state index contributed by atoms with van der Waals surface area (Å²) < 4.78 is 5.67. The van der Waals surface area contributed by atoms with Crippen LogP contribution in [0.15, 0.2) is 24.3 Å². The van der Waals surface area contributed by atoms with Gasteiger partial charge in [-0.2, -0.15) is 0 Å². The monoisotopic (exact) mass is 291 g/mol. The van der Waals surface area contributed by atoms with Gasteiger partial charge in [-0.3, -0.25) is 0 Å². The topological polar surface area (TPSA) is 49.8 Å². The minimum atomic E-state index is -0.908. The molecule has 1 saturated heterocycles. The van der Waals surface area contributed by atoms with Crippen molar-refractivity contribution in [2.24, 2.45) is 5.92 Å². The van der Waals surface area contributed by atoms with Gasteiger partial charge in [-0.05, 0) is 62.9 Å². The van der Waals surface area contributed by atoms with E-state index in [1.807, 2.05) is 0 Å². The Morgan fingerprint density at radius 3 is 2.71 bits per heavy atom. The van der Waals surface area contributed by atoms with Crippen LogP contribution in [-0.4, -0.2) is 41.7 Å². The van der Waals surface area contributed by atoms with Gasteiger partial charge in [0.15, 0.2) is 0 Å². The standard InChI is InChI=1S/C17H25NO3/c1-13-5-3-10-18(14(13)2)11-4-12-21-16-8-6-15(7-9-16)17(19)20/h6-9,13-14H,3-5,10-12H2,1-2H3,(H,19,20). The molecular formula is C17H25NO3. The van der Waals surface area contributed by atoms with Crippen LogP contribution >= 0.6 is 0 Å². The van der Waals surface area contributed by atoms with Gasteiger partial charge in [-0.1, -0.05) is 6.92 Å². The maximum atomic E-state index is 10.8. The van der Waals surface area contributed by atoms with Gasteiger partial charge in [0, 0.05) is 12.6 Å². The van der Waals surface area contributed by atoms with Crippen molar-refractivity contribution in [1.29, 1.82) is 0 Å². The third kappa shape index (κ3) is 4.46. The second-order valence-electron chi connectivity index (χ2n) is 5.93. The summed E-state index contributed by atoms with van der Waals surface area (Å²) in [5.41, 5.74) is 0.290. The van der Waals surface area contributed by atoms with Crippen molar-refractivity contribution in [3.05, 3.63) is 29.8 Å². The molecule has 0 aliphatic carbocycles. The first-order chi connectivity index (χ1) is 10.1. The first-order valence-electron chi connectivity index (χ1n) is 7.78. The fraction of sp³-hybridized carbons (Fsp3) is 0.588. The van der Waals surface area contributed by atoms with Crippen molar-refractivity contribution < 1.29 is 14.6 Å². The average molecular weight is 291 g/mol. The third-order valence-electron chi connectivity index (χ3n) is 4.46. The fourth-order valence-electron chi connectivity index (χ4n) is 2.89. The minimum absolute atomic E-state index is 0.290. The Morgan fingerprint density at radius 2 is 2.05 bits per heavy atom. The van der Waals surface area contributed by atoms with Gasteiger partial charge < -0.3 is 14.7 Å². The van der Waals surface area contributed by atoms with E-state index in [4.69, 9.17) is 9.84 Å². The predicted octanol–water partition coefficient (Wildman–Crippen LogP) is 3.27. The Balaban J connectivity index is 1.70. The van der Waals surface area contributed by atoms with Crippen LogP contribution in [0.1, 0.15) is 43.5 Å². The molecule has 1 N–H and O–H groups in total. The molecule has 1 fully saturated rings. The number of ether oxygens (including phenoxy) is 1. The lowest BCUT2D eigenvalue weighted by Gasteiger charge is -2.37. The second-order valence-corrected chi connectivity index (χ2v) is 5.93. The van der Waals surface area contributed by atoms with Crippen molar-refractivity contribution in [2.75, 3.05) is 19.7 Å². The number of hydrogen-bond donors (Lipinski definition) is 1. The molecule has 1 aliphatic rings. The van der Waals surface area contributed by atoms with Crippen molar-refractivity contribution in [2.45, 2.75) is 39.2 Å². The van der Waals surface area contributed by atoms with E-state index in [0.29, 0.717) is 18.2 Å². The molecule has 0 bridgehead atoms. The molecular weight excluding hydrogens is 266 g/mol. The summed E-state index contributed by atoms with van der Waals surface area (Å²) in [5.74, 6) is 0.609. The Morgan fingerprint density at radius 1 is 1.33 bits per heavy atom. The van der Waals surface area contributed by atoms with E-state index in [1.165, 1.54) is 19.4 Å². The molecule has 0 radical (unpaired) electrons. The molecule has 1 heterocycles. The van der Waals surface area contributed by atoms with Gasteiger partial charge in [-0.15, -0.1) is 0 Å². The van der Waals surface area contributed by atoms with Gasteiger partial charge in [0.2, 0.25) is 0 Å². The summed E-state index contributed by atoms with van der Waals surface area (Å²) in [7, 11) is 0. The van der Waals surface area contributed by atoms with Crippen LogP contribution < -0.4 is 4.74 Å². The highest BCUT2D eigenvalue weighted by atomic mass is 16.5. The summed E-state index contributed by atoms with van der Waals surface area (Å²) >= 11 is 0. The number of aromatic carboxylic acids is 1. The van der Waals surface area contributed by atoms with Crippen molar-refractivity contribution in [3.63, 3.8) is 0 Å². The van der Waals surface area contributed by atoms with Crippen LogP contribution in [0.5, 0.6) is 5.75 Å². The number of likely N-dealkylation sites (tertiary alicyclic amines) is 1. The number of carboxylic acids is 1. The Labute approximate surface area is 126 Å². The molecule has 2 unspecified atom stereocenters. The van der Waals surface area contributed by atoms with Crippen molar-refractivity contribution in [1.82, 2.24) is 4.90 Å². The van der Waals surface area contributed by atoms with Gasteiger partial charge in [0.1, 0.15) is 5.75 Å².